The van der Waals surface area contributed by atoms with Gasteiger partial charge in [0.15, 0.2) is 17.5 Å². The third-order valence-electron chi connectivity index (χ3n) is 10.7. The van der Waals surface area contributed by atoms with Crippen LogP contribution in [0.25, 0.3) is 106 Å². The molecule has 0 saturated heterocycles. The lowest BCUT2D eigenvalue weighted by molar-refractivity contribution is 0.674. The molecule has 0 saturated carbocycles. The Hall–Kier alpha value is -7.63. The summed E-state index contributed by atoms with van der Waals surface area (Å²) in [6, 6.07) is 67.2. The summed E-state index contributed by atoms with van der Waals surface area (Å²) in [6.45, 7) is 0. The lowest BCUT2D eigenvalue weighted by atomic mass is 9.93. The first-order valence-electron chi connectivity index (χ1n) is 18.8. The first-order valence-corrected chi connectivity index (χ1v) is 18.8. The van der Waals surface area contributed by atoms with Crippen LogP contribution in [0.4, 0.5) is 0 Å². The second kappa shape index (κ2) is 13.0. The highest BCUT2D eigenvalue weighted by Gasteiger charge is 2.23. The molecule has 3 heterocycles. The van der Waals surface area contributed by atoms with E-state index >= 15 is 0 Å². The molecule has 0 aliphatic carbocycles. The Labute approximate surface area is 322 Å². The Kier molecular flexibility index (Phi) is 7.42. The van der Waals surface area contributed by atoms with Gasteiger partial charge in [0.25, 0.3) is 0 Å². The molecule has 0 amide bonds. The number of aromatic nitrogens is 4. The molecule has 0 fully saturated rings. The van der Waals surface area contributed by atoms with Crippen molar-refractivity contribution in [3.63, 3.8) is 0 Å². The van der Waals surface area contributed by atoms with Crippen LogP contribution in [0, 0.1) is 0 Å². The topological polar surface area (TPSA) is 56.7 Å². The van der Waals surface area contributed by atoms with Gasteiger partial charge in [-0.2, -0.15) is 0 Å². The summed E-state index contributed by atoms with van der Waals surface area (Å²) in [6.07, 6.45) is 0. The van der Waals surface area contributed by atoms with Crippen molar-refractivity contribution in [1.82, 2.24) is 19.5 Å². The molecule has 0 N–H and O–H groups in total. The molecule has 262 valence electrons. The van der Waals surface area contributed by atoms with Crippen LogP contribution in [0.3, 0.4) is 0 Å². The van der Waals surface area contributed by atoms with E-state index in [1.165, 1.54) is 0 Å². The van der Waals surface area contributed by atoms with Gasteiger partial charge in [-0.05, 0) is 53.1 Å². The van der Waals surface area contributed by atoms with E-state index in [0.29, 0.717) is 17.5 Å². The van der Waals surface area contributed by atoms with E-state index in [0.717, 1.165) is 88.4 Å². The van der Waals surface area contributed by atoms with Crippen molar-refractivity contribution in [1.29, 1.82) is 0 Å². The maximum Gasteiger partial charge on any atom is 0.164 e. The average Bonchev–Trinajstić information content (AvgIpc) is 3.83. The molecule has 0 radical (unpaired) electrons. The molecule has 0 aliphatic rings. The van der Waals surface area contributed by atoms with Crippen molar-refractivity contribution >= 4 is 43.7 Å². The highest BCUT2D eigenvalue weighted by molar-refractivity contribution is 6.25. The minimum Gasteiger partial charge on any atom is -0.455 e. The molecular weight excluding hydrogens is 685 g/mol. The van der Waals surface area contributed by atoms with E-state index in [9.17, 15) is 0 Å². The molecular formula is C51H32N4O. The highest BCUT2D eigenvalue weighted by Crippen LogP contribution is 2.45. The van der Waals surface area contributed by atoms with Gasteiger partial charge in [0.05, 0.1) is 16.4 Å². The number of fused-ring (bicyclic) bond motifs is 7. The fourth-order valence-electron chi connectivity index (χ4n) is 8.08. The summed E-state index contributed by atoms with van der Waals surface area (Å²) in [5.74, 6) is 1.82. The van der Waals surface area contributed by atoms with Gasteiger partial charge in [-0.1, -0.05) is 158 Å². The number of benzene rings is 8. The quantitative estimate of drug-likeness (QED) is 0.172. The van der Waals surface area contributed by atoms with Crippen molar-refractivity contribution in [2.75, 3.05) is 0 Å². The Morgan fingerprint density at radius 2 is 0.911 bits per heavy atom. The van der Waals surface area contributed by atoms with Gasteiger partial charge in [0, 0.05) is 44.1 Å². The molecule has 5 heteroatoms. The van der Waals surface area contributed by atoms with Gasteiger partial charge in [-0.15, -0.1) is 0 Å². The lowest BCUT2D eigenvalue weighted by Crippen LogP contribution is -2.01. The minimum atomic E-state index is 0.590. The van der Waals surface area contributed by atoms with E-state index < -0.39 is 0 Å². The van der Waals surface area contributed by atoms with E-state index in [1.54, 1.807) is 0 Å². The smallest absolute Gasteiger partial charge is 0.164 e. The molecule has 11 rings (SSSR count). The monoisotopic (exact) mass is 716 g/mol. The molecule has 8 aromatic carbocycles. The fraction of sp³-hybridized carbons (Fsp3) is 0. The molecule has 0 spiro atoms. The van der Waals surface area contributed by atoms with E-state index in [-0.39, 0.29) is 0 Å². The Bertz CT molecular complexity index is 3170. The third-order valence-corrected chi connectivity index (χ3v) is 10.7. The molecule has 0 bridgehead atoms. The van der Waals surface area contributed by atoms with Gasteiger partial charge in [-0.25, -0.2) is 15.0 Å². The van der Waals surface area contributed by atoms with Crippen LogP contribution in [0.15, 0.2) is 199 Å². The summed E-state index contributed by atoms with van der Waals surface area (Å²) < 4.78 is 9.46. The van der Waals surface area contributed by atoms with Crippen LogP contribution >= 0.6 is 0 Å². The molecule has 3 aromatic heterocycles. The Balaban J connectivity index is 1.19. The largest absolute Gasteiger partial charge is 0.455 e. The molecule has 0 unspecified atom stereocenters. The molecule has 0 aliphatic heterocycles. The van der Waals surface area contributed by atoms with Crippen LogP contribution in [-0.2, 0) is 0 Å². The highest BCUT2D eigenvalue weighted by atomic mass is 16.3. The maximum atomic E-state index is 7.13. The fourth-order valence-corrected chi connectivity index (χ4v) is 8.08. The Morgan fingerprint density at radius 1 is 0.339 bits per heavy atom. The van der Waals surface area contributed by atoms with Crippen LogP contribution in [0.5, 0.6) is 0 Å². The van der Waals surface area contributed by atoms with Crippen molar-refractivity contribution in [3.05, 3.63) is 194 Å². The number of hydrogen-bond donors (Lipinski definition) is 0. The molecule has 56 heavy (non-hydrogen) atoms. The number of para-hydroxylation sites is 3. The van der Waals surface area contributed by atoms with Gasteiger partial charge < -0.3 is 8.98 Å². The number of hydrogen-bond acceptors (Lipinski definition) is 4. The third kappa shape index (κ3) is 5.21. The van der Waals surface area contributed by atoms with Crippen LogP contribution in [0.2, 0.25) is 0 Å². The Morgan fingerprint density at radius 3 is 1.61 bits per heavy atom. The van der Waals surface area contributed by atoms with Crippen LogP contribution in [0.1, 0.15) is 0 Å². The zero-order valence-corrected chi connectivity index (χ0v) is 30.2. The number of nitrogens with zero attached hydrogens (tertiary/aromatic N) is 4. The summed E-state index contributed by atoms with van der Waals surface area (Å²) in [5.41, 5.74) is 11.9. The second-order valence-corrected chi connectivity index (χ2v) is 14.0. The van der Waals surface area contributed by atoms with Gasteiger partial charge in [0.1, 0.15) is 11.2 Å². The summed E-state index contributed by atoms with van der Waals surface area (Å²) >= 11 is 0. The average molecular weight is 717 g/mol. The van der Waals surface area contributed by atoms with Crippen molar-refractivity contribution in [3.8, 4) is 62.1 Å². The van der Waals surface area contributed by atoms with Gasteiger partial charge in [0.2, 0.25) is 0 Å². The van der Waals surface area contributed by atoms with Crippen LogP contribution in [-0.4, -0.2) is 19.5 Å². The molecule has 0 atom stereocenters. The molecule has 11 aromatic rings. The first-order chi connectivity index (χ1) is 27.8. The maximum absolute atomic E-state index is 7.13. The predicted molar refractivity (Wildman–Crippen MR) is 229 cm³/mol. The SMILES string of the molecule is c1ccc(-c2ccc(-c3cccc4c3oc3c4ccc4c3c3ccccc3n4-c3ccccc3)c(-c3nc(-c4ccccc4)nc(-c4ccccc4)n3)c2)cc1. The van der Waals surface area contributed by atoms with E-state index in [1.807, 2.05) is 66.7 Å². The van der Waals surface area contributed by atoms with E-state index in [4.69, 9.17) is 19.4 Å². The number of furan rings is 1. The van der Waals surface area contributed by atoms with Crippen molar-refractivity contribution < 1.29 is 4.42 Å². The standard InChI is InChI=1S/C51H32N4O/c1-5-16-33(17-6-1)36-28-29-38(43(32-36)51-53-49(34-18-7-2-8-19-34)52-50(54-51)35-20-9-3-10-21-35)39-25-15-26-40-41-30-31-45-46(48(41)56-47(39)40)42-24-13-14-27-44(42)55(45)37-22-11-4-12-23-37/h1-32H. The normalized spacial score (nSPS) is 11.6. The second-order valence-electron chi connectivity index (χ2n) is 14.0. The predicted octanol–water partition coefficient (Wildman–Crippen LogP) is 13.2. The van der Waals surface area contributed by atoms with Crippen molar-refractivity contribution in [2.24, 2.45) is 0 Å². The van der Waals surface area contributed by atoms with Crippen molar-refractivity contribution in [2.45, 2.75) is 0 Å². The first kappa shape index (κ1) is 31.9. The number of rotatable bonds is 6. The summed E-state index contributed by atoms with van der Waals surface area (Å²) in [7, 11) is 0. The minimum absolute atomic E-state index is 0.590. The zero-order chi connectivity index (χ0) is 37.0. The summed E-state index contributed by atoms with van der Waals surface area (Å²) in [5, 5.41) is 4.38. The van der Waals surface area contributed by atoms with Gasteiger partial charge >= 0.3 is 0 Å². The van der Waals surface area contributed by atoms with Crippen LogP contribution < -0.4 is 0 Å². The van der Waals surface area contributed by atoms with Gasteiger partial charge in [-0.3, -0.25) is 0 Å². The summed E-state index contributed by atoms with van der Waals surface area (Å²) in [4.78, 5) is 15.4. The lowest BCUT2D eigenvalue weighted by Gasteiger charge is -2.14. The molecule has 5 nitrogen and oxygen atoms in total. The van der Waals surface area contributed by atoms with E-state index in [2.05, 4.69) is 132 Å². The zero-order valence-electron chi connectivity index (χ0n) is 30.2.